The number of nitrogens with zero attached hydrogens (tertiary/aromatic N) is 4. The molecule has 6 nitrogen and oxygen atoms in total. The van der Waals surface area contributed by atoms with Gasteiger partial charge in [0.25, 0.3) is 5.56 Å². The molecular weight excluding hydrogens is 362 g/mol. The van der Waals surface area contributed by atoms with Crippen molar-refractivity contribution in [2.45, 2.75) is 13.0 Å². The van der Waals surface area contributed by atoms with Gasteiger partial charge in [0.05, 0.1) is 6.54 Å². The first-order valence-electron chi connectivity index (χ1n) is 8.44. The van der Waals surface area contributed by atoms with E-state index in [4.69, 9.17) is 11.6 Å². The standard InChI is InChI=1S/C20H16ClN5O/c21-18-9-6-15(13-26-10-2-1-3-20(26)27)11-17(18)16-7-4-14(5-8-16)12-19-22-24-25-23-19/h1-11H,12-13H2,(H,22,23,24,25). The van der Waals surface area contributed by atoms with Crippen LogP contribution in [-0.2, 0) is 13.0 Å². The molecule has 4 rings (SSSR count). The van der Waals surface area contributed by atoms with Crippen molar-refractivity contribution in [1.29, 1.82) is 0 Å². The molecule has 0 spiro atoms. The molecule has 2 aromatic heterocycles. The number of tetrazole rings is 1. The molecule has 0 aliphatic heterocycles. The number of pyridine rings is 1. The Bertz CT molecular complexity index is 1100. The molecule has 0 unspecified atom stereocenters. The van der Waals surface area contributed by atoms with Gasteiger partial charge in [-0.25, -0.2) is 0 Å². The second kappa shape index (κ2) is 7.55. The molecule has 0 fully saturated rings. The highest BCUT2D eigenvalue weighted by atomic mass is 35.5. The van der Waals surface area contributed by atoms with E-state index in [1.165, 1.54) is 0 Å². The number of hydrogen-bond acceptors (Lipinski definition) is 4. The monoisotopic (exact) mass is 377 g/mol. The number of H-pyrrole nitrogens is 1. The minimum atomic E-state index is -0.0279. The lowest BCUT2D eigenvalue weighted by atomic mass is 10.0. The van der Waals surface area contributed by atoms with E-state index in [-0.39, 0.29) is 5.56 Å². The highest BCUT2D eigenvalue weighted by Gasteiger charge is 2.07. The van der Waals surface area contributed by atoms with Crippen LogP contribution >= 0.6 is 11.6 Å². The van der Waals surface area contributed by atoms with Crippen LogP contribution in [0, 0.1) is 0 Å². The Kier molecular flexibility index (Phi) is 4.80. The molecule has 0 atom stereocenters. The highest BCUT2D eigenvalue weighted by Crippen LogP contribution is 2.29. The topological polar surface area (TPSA) is 76.5 Å². The number of rotatable bonds is 5. The Morgan fingerprint density at radius 2 is 1.81 bits per heavy atom. The van der Waals surface area contributed by atoms with E-state index in [9.17, 15) is 4.79 Å². The molecule has 2 heterocycles. The second-order valence-corrected chi connectivity index (χ2v) is 6.59. The predicted octanol–water partition coefficient (Wildman–Crippen LogP) is 3.32. The fourth-order valence-electron chi connectivity index (χ4n) is 2.92. The van der Waals surface area contributed by atoms with Crippen LogP contribution in [-0.4, -0.2) is 25.2 Å². The summed E-state index contributed by atoms with van der Waals surface area (Å²) in [5.74, 6) is 0.649. The normalized spacial score (nSPS) is 10.9. The molecule has 4 aromatic rings. The summed E-state index contributed by atoms with van der Waals surface area (Å²) in [5, 5.41) is 14.6. The second-order valence-electron chi connectivity index (χ2n) is 6.18. The lowest BCUT2D eigenvalue weighted by Gasteiger charge is -2.10. The van der Waals surface area contributed by atoms with Gasteiger partial charge in [0.2, 0.25) is 0 Å². The zero-order valence-electron chi connectivity index (χ0n) is 14.3. The molecule has 0 amide bonds. The minimum absolute atomic E-state index is 0.0279. The van der Waals surface area contributed by atoms with E-state index in [0.717, 1.165) is 22.3 Å². The number of nitrogens with one attached hydrogen (secondary N) is 1. The molecule has 0 aliphatic rings. The molecule has 2 aromatic carbocycles. The Hall–Kier alpha value is -3.25. The van der Waals surface area contributed by atoms with E-state index in [1.807, 2.05) is 48.5 Å². The van der Waals surface area contributed by atoms with Crippen LogP contribution in [0.4, 0.5) is 0 Å². The molecule has 0 saturated carbocycles. The third-order valence-electron chi connectivity index (χ3n) is 4.30. The van der Waals surface area contributed by atoms with Crippen molar-refractivity contribution in [2.75, 3.05) is 0 Å². The van der Waals surface area contributed by atoms with Gasteiger partial charge in [-0.1, -0.05) is 53.2 Å². The quantitative estimate of drug-likeness (QED) is 0.578. The van der Waals surface area contributed by atoms with Crippen LogP contribution in [0.15, 0.2) is 71.7 Å². The van der Waals surface area contributed by atoms with Crippen molar-refractivity contribution in [3.63, 3.8) is 0 Å². The molecule has 0 radical (unpaired) electrons. The molecule has 0 bridgehead atoms. The minimum Gasteiger partial charge on any atom is -0.311 e. The summed E-state index contributed by atoms with van der Waals surface area (Å²) >= 11 is 6.42. The maximum atomic E-state index is 11.9. The summed E-state index contributed by atoms with van der Waals surface area (Å²) in [4.78, 5) is 11.9. The van der Waals surface area contributed by atoms with Gasteiger partial charge in [-0.15, -0.1) is 10.2 Å². The molecule has 0 aliphatic carbocycles. The van der Waals surface area contributed by atoms with E-state index >= 15 is 0 Å². The van der Waals surface area contributed by atoms with Gasteiger partial charge in [0, 0.05) is 29.3 Å². The van der Waals surface area contributed by atoms with Crippen molar-refractivity contribution >= 4 is 11.6 Å². The van der Waals surface area contributed by atoms with Gasteiger partial charge in [-0.2, -0.15) is 5.21 Å². The smallest absolute Gasteiger partial charge is 0.250 e. The number of aromatic amines is 1. The first-order chi connectivity index (χ1) is 13.2. The summed E-state index contributed by atoms with van der Waals surface area (Å²) in [5.41, 5.74) is 4.02. The molecule has 27 heavy (non-hydrogen) atoms. The van der Waals surface area contributed by atoms with Crippen LogP contribution in [0.5, 0.6) is 0 Å². The molecule has 134 valence electrons. The SMILES string of the molecule is O=c1ccccn1Cc1ccc(Cl)c(-c2ccc(Cc3nn[nH]n3)cc2)c1. The Balaban J connectivity index is 1.59. The first-order valence-corrected chi connectivity index (χ1v) is 8.82. The summed E-state index contributed by atoms with van der Waals surface area (Å²) in [6, 6.07) is 19.1. The van der Waals surface area contributed by atoms with E-state index < -0.39 is 0 Å². The van der Waals surface area contributed by atoms with Crippen molar-refractivity contribution in [3.8, 4) is 11.1 Å². The maximum absolute atomic E-state index is 11.9. The molecule has 7 heteroatoms. The third kappa shape index (κ3) is 3.96. The predicted molar refractivity (Wildman–Crippen MR) is 104 cm³/mol. The number of hydrogen-bond donors (Lipinski definition) is 1. The number of halogens is 1. The molecule has 1 N–H and O–H groups in total. The number of aromatic nitrogens is 5. The maximum Gasteiger partial charge on any atom is 0.250 e. The Morgan fingerprint density at radius 3 is 2.56 bits per heavy atom. The van der Waals surface area contributed by atoms with Gasteiger partial charge < -0.3 is 4.57 Å². The average Bonchev–Trinajstić information content (AvgIpc) is 3.19. The first kappa shape index (κ1) is 17.2. The Morgan fingerprint density at radius 1 is 1.00 bits per heavy atom. The van der Waals surface area contributed by atoms with E-state index in [0.29, 0.717) is 23.8 Å². The molecular formula is C20H16ClN5O. The average molecular weight is 378 g/mol. The van der Waals surface area contributed by atoms with Gasteiger partial charge >= 0.3 is 0 Å². The fourth-order valence-corrected chi connectivity index (χ4v) is 3.15. The largest absolute Gasteiger partial charge is 0.311 e. The van der Waals surface area contributed by atoms with Crippen LogP contribution in [0.2, 0.25) is 5.02 Å². The number of benzene rings is 2. The summed E-state index contributed by atoms with van der Waals surface area (Å²) in [6.07, 6.45) is 2.39. The third-order valence-corrected chi connectivity index (χ3v) is 4.63. The van der Waals surface area contributed by atoms with Crippen molar-refractivity contribution in [1.82, 2.24) is 25.2 Å². The van der Waals surface area contributed by atoms with Crippen LogP contribution in [0.1, 0.15) is 17.0 Å². The van der Waals surface area contributed by atoms with Crippen LogP contribution in [0.3, 0.4) is 0 Å². The fraction of sp³-hybridized carbons (Fsp3) is 0.100. The van der Waals surface area contributed by atoms with Crippen LogP contribution < -0.4 is 5.56 Å². The lowest BCUT2D eigenvalue weighted by Crippen LogP contribution is -2.18. The van der Waals surface area contributed by atoms with Gasteiger partial charge in [-0.05, 0) is 34.9 Å². The van der Waals surface area contributed by atoms with Gasteiger partial charge in [0.15, 0.2) is 5.82 Å². The van der Waals surface area contributed by atoms with Gasteiger partial charge in [0.1, 0.15) is 0 Å². The van der Waals surface area contributed by atoms with Crippen LogP contribution in [0.25, 0.3) is 11.1 Å². The summed E-state index contributed by atoms with van der Waals surface area (Å²) in [6.45, 7) is 0.500. The van der Waals surface area contributed by atoms with Crippen molar-refractivity contribution in [3.05, 3.63) is 99.2 Å². The molecule has 0 saturated heterocycles. The zero-order chi connectivity index (χ0) is 18.6. The lowest BCUT2D eigenvalue weighted by molar-refractivity contribution is 0.760. The van der Waals surface area contributed by atoms with Crippen molar-refractivity contribution < 1.29 is 0 Å². The summed E-state index contributed by atoms with van der Waals surface area (Å²) < 4.78 is 1.67. The Labute approximate surface area is 160 Å². The summed E-state index contributed by atoms with van der Waals surface area (Å²) in [7, 11) is 0. The van der Waals surface area contributed by atoms with E-state index in [1.54, 1.807) is 22.9 Å². The van der Waals surface area contributed by atoms with E-state index in [2.05, 4.69) is 20.6 Å². The highest BCUT2D eigenvalue weighted by molar-refractivity contribution is 6.33. The zero-order valence-corrected chi connectivity index (χ0v) is 15.1. The van der Waals surface area contributed by atoms with Gasteiger partial charge in [-0.3, -0.25) is 4.79 Å². The van der Waals surface area contributed by atoms with Crippen molar-refractivity contribution in [2.24, 2.45) is 0 Å².